The molecule has 1 fully saturated rings. The van der Waals surface area contributed by atoms with Gasteiger partial charge in [0.05, 0.1) is 11.2 Å². The van der Waals surface area contributed by atoms with Crippen molar-refractivity contribution in [1.29, 1.82) is 0 Å². The van der Waals surface area contributed by atoms with Gasteiger partial charge < -0.3 is 9.84 Å². The molecule has 0 aromatic rings. The van der Waals surface area contributed by atoms with Gasteiger partial charge in [0, 0.05) is 26.8 Å². The van der Waals surface area contributed by atoms with Crippen molar-refractivity contribution in [1.82, 2.24) is 4.31 Å². The van der Waals surface area contributed by atoms with Gasteiger partial charge in [-0.05, 0) is 26.2 Å². The molecule has 0 aliphatic carbocycles. The van der Waals surface area contributed by atoms with Crippen molar-refractivity contribution >= 4 is 16.0 Å². The topological polar surface area (TPSA) is 83.9 Å². The molecule has 0 aromatic heterocycles. The standard InChI is InChI=1S/C11H21NO5S/c1-9(5-8-17-2)18(15,16)12-6-3-10(4-7-12)11(13)14/h9-10H,3-8H2,1-2H3,(H,13,14). The molecular formula is C11H21NO5S. The molecule has 1 aliphatic heterocycles. The van der Waals surface area contributed by atoms with E-state index < -0.39 is 27.2 Å². The summed E-state index contributed by atoms with van der Waals surface area (Å²) in [6, 6.07) is 0. The number of aliphatic carboxylic acids is 1. The highest BCUT2D eigenvalue weighted by molar-refractivity contribution is 7.89. The molecule has 6 nitrogen and oxygen atoms in total. The van der Waals surface area contributed by atoms with Gasteiger partial charge in [0.2, 0.25) is 10.0 Å². The molecule has 1 unspecified atom stereocenters. The van der Waals surface area contributed by atoms with Gasteiger partial charge in [0.25, 0.3) is 0 Å². The monoisotopic (exact) mass is 279 g/mol. The third kappa shape index (κ3) is 3.66. The number of ether oxygens (including phenoxy) is 1. The molecule has 7 heteroatoms. The Morgan fingerprint density at radius 3 is 2.44 bits per heavy atom. The molecule has 0 bridgehead atoms. The van der Waals surface area contributed by atoms with Crippen LogP contribution in [0.5, 0.6) is 0 Å². The lowest BCUT2D eigenvalue weighted by Gasteiger charge is -2.31. The zero-order chi connectivity index (χ0) is 13.8. The minimum Gasteiger partial charge on any atom is -0.481 e. The molecular weight excluding hydrogens is 258 g/mol. The summed E-state index contributed by atoms with van der Waals surface area (Å²) in [5.41, 5.74) is 0. The van der Waals surface area contributed by atoms with Gasteiger partial charge in [0.1, 0.15) is 0 Å². The molecule has 1 saturated heterocycles. The Morgan fingerprint density at radius 1 is 1.44 bits per heavy atom. The largest absolute Gasteiger partial charge is 0.481 e. The second kappa shape index (κ2) is 6.49. The van der Waals surface area contributed by atoms with Crippen LogP contribution >= 0.6 is 0 Å². The van der Waals surface area contributed by atoms with Gasteiger partial charge in [-0.1, -0.05) is 0 Å². The molecule has 1 aliphatic rings. The highest BCUT2D eigenvalue weighted by Crippen LogP contribution is 2.22. The van der Waals surface area contributed by atoms with E-state index in [1.165, 1.54) is 11.4 Å². The molecule has 106 valence electrons. The summed E-state index contributed by atoms with van der Waals surface area (Å²) in [4.78, 5) is 10.8. The van der Waals surface area contributed by atoms with E-state index in [-0.39, 0.29) is 0 Å². The molecule has 0 saturated carbocycles. The molecule has 0 radical (unpaired) electrons. The summed E-state index contributed by atoms with van der Waals surface area (Å²) in [6.07, 6.45) is 1.24. The van der Waals surface area contributed by atoms with Crippen molar-refractivity contribution < 1.29 is 23.1 Å². The van der Waals surface area contributed by atoms with Crippen LogP contribution in [-0.4, -0.2) is 55.9 Å². The van der Waals surface area contributed by atoms with E-state index in [9.17, 15) is 13.2 Å². The molecule has 0 amide bonds. The number of rotatable bonds is 6. The molecule has 1 atom stereocenters. The van der Waals surface area contributed by atoms with Gasteiger partial charge in [0.15, 0.2) is 0 Å². The van der Waals surface area contributed by atoms with E-state index in [2.05, 4.69) is 0 Å². The first kappa shape index (κ1) is 15.4. The van der Waals surface area contributed by atoms with Crippen LogP contribution < -0.4 is 0 Å². The number of hydrogen-bond donors (Lipinski definition) is 1. The van der Waals surface area contributed by atoms with Crippen LogP contribution in [0.25, 0.3) is 0 Å². The van der Waals surface area contributed by atoms with Crippen molar-refractivity contribution in [3.8, 4) is 0 Å². The number of nitrogens with zero attached hydrogens (tertiary/aromatic N) is 1. The highest BCUT2D eigenvalue weighted by atomic mass is 32.2. The van der Waals surface area contributed by atoms with Crippen LogP contribution in [0.4, 0.5) is 0 Å². The quantitative estimate of drug-likeness (QED) is 0.767. The Hall–Kier alpha value is -0.660. The second-order valence-electron chi connectivity index (χ2n) is 4.65. The number of methoxy groups -OCH3 is 1. The SMILES string of the molecule is COCCC(C)S(=O)(=O)N1CCC(C(=O)O)CC1. The van der Waals surface area contributed by atoms with Crippen molar-refractivity contribution in [2.24, 2.45) is 5.92 Å². The molecule has 1 N–H and O–H groups in total. The fourth-order valence-corrected chi connectivity index (χ4v) is 3.67. The number of carboxylic acids is 1. The Balaban J connectivity index is 2.57. The highest BCUT2D eigenvalue weighted by Gasteiger charge is 2.33. The Bertz CT molecular complexity index is 373. The first-order valence-electron chi connectivity index (χ1n) is 6.10. The average Bonchev–Trinajstić information content (AvgIpc) is 2.35. The fraction of sp³-hybridized carbons (Fsp3) is 0.909. The van der Waals surface area contributed by atoms with Crippen LogP contribution in [0, 0.1) is 5.92 Å². The Morgan fingerprint density at radius 2 is 2.00 bits per heavy atom. The minimum absolute atomic E-state index is 0.302. The van der Waals surface area contributed by atoms with Crippen molar-refractivity contribution in [3.63, 3.8) is 0 Å². The van der Waals surface area contributed by atoms with Gasteiger partial charge in [-0.15, -0.1) is 0 Å². The van der Waals surface area contributed by atoms with E-state index in [1.807, 2.05) is 0 Å². The molecule has 1 heterocycles. The summed E-state index contributed by atoms with van der Waals surface area (Å²) < 4.78 is 30.7. The third-order valence-electron chi connectivity index (χ3n) is 3.40. The van der Waals surface area contributed by atoms with E-state index >= 15 is 0 Å². The normalized spacial score (nSPS) is 20.8. The predicted octanol–water partition coefficient (Wildman–Crippen LogP) is 0.538. The van der Waals surface area contributed by atoms with Crippen LogP contribution in [0.3, 0.4) is 0 Å². The fourth-order valence-electron chi connectivity index (χ4n) is 2.04. The first-order chi connectivity index (χ1) is 8.39. The number of carboxylic acid groups (broad SMARTS) is 1. The Kier molecular flexibility index (Phi) is 5.55. The summed E-state index contributed by atoms with van der Waals surface area (Å²) in [5, 5.41) is 8.38. The van der Waals surface area contributed by atoms with E-state index in [4.69, 9.17) is 9.84 Å². The zero-order valence-corrected chi connectivity index (χ0v) is 11.6. The number of sulfonamides is 1. The number of carbonyl (C=O) groups is 1. The summed E-state index contributed by atoms with van der Waals surface area (Å²) in [5.74, 6) is -1.25. The lowest BCUT2D eigenvalue weighted by Crippen LogP contribution is -2.44. The van der Waals surface area contributed by atoms with Crippen LogP contribution in [-0.2, 0) is 19.6 Å². The maximum absolute atomic E-state index is 12.2. The maximum Gasteiger partial charge on any atom is 0.306 e. The lowest BCUT2D eigenvalue weighted by molar-refractivity contribution is -0.142. The number of hydrogen-bond acceptors (Lipinski definition) is 4. The van der Waals surface area contributed by atoms with Crippen molar-refractivity contribution in [2.75, 3.05) is 26.8 Å². The molecule has 0 aromatic carbocycles. The van der Waals surface area contributed by atoms with Crippen molar-refractivity contribution in [2.45, 2.75) is 31.4 Å². The van der Waals surface area contributed by atoms with Crippen LogP contribution in [0.1, 0.15) is 26.2 Å². The van der Waals surface area contributed by atoms with Gasteiger partial charge in [-0.25, -0.2) is 12.7 Å². The zero-order valence-electron chi connectivity index (χ0n) is 10.8. The third-order valence-corrected chi connectivity index (χ3v) is 5.74. The maximum atomic E-state index is 12.2. The summed E-state index contributed by atoms with van der Waals surface area (Å²) in [7, 11) is -1.78. The van der Waals surface area contributed by atoms with E-state index in [0.717, 1.165) is 0 Å². The van der Waals surface area contributed by atoms with E-state index in [0.29, 0.717) is 39.0 Å². The molecule has 1 rings (SSSR count). The smallest absolute Gasteiger partial charge is 0.306 e. The van der Waals surface area contributed by atoms with Gasteiger partial charge in [-0.3, -0.25) is 4.79 Å². The average molecular weight is 279 g/mol. The molecule has 0 spiro atoms. The van der Waals surface area contributed by atoms with E-state index in [1.54, 1.807) is 6.92 Å². The van der Waals surface area contributed by atoms with Crippen LogP contribution in [0.2, 0.25) is 0 Å². The summed E-state index contributed by atoms with van der Waals surface area (Å²) in [6.45, 7) is 2.68. The summed E-state index contributed by atoms with van der Waals surface area (Å²) >= 11 is 0. The van der Waals surface area contributed by atoms with Gasteiger partial charge in [-0.2, -0.15) is 0 Å². The second-order valence-corrected chi connectivity index (χ2v) is 7.00. The first-order valence-corrected chi connectivity index (χ1v) is 7.60. The minimum atomic E-state index is -3.32. The van der Waals surface area contributed by atoms with Crippen molar-refractivity contribution in [3.05, 3.63) is 0 Å². The number of piperidine rings is 1. The Labute approximate surface area is 108 Å². The van der Waals surface area contributed by atoms with Crippen LogP contribution in [0.15, 0.2) is 0 Å². The van der Waals surface area contributed by atoms with Gasteiger partial charge >= 0.3 is 5.97 Å². The predicted molar refractivity (Wildman–Crippen MR) is 66.8 cm³/mol. The lowest BCUT2D eigenvalue weighted by atomic mass is 9.99. The molecule has 18 heavy (non-hydrogen) atoms.